The first-order chi connectivity index (χ1) is 15.6. The molecule has 32 heavy (non-hydrogen) atoms. The molecule has 3 heterocycles. The lowest BCUT2D eigenvalue weighted by molar-refractivity contribution is -0.123. The van der Waals surface area contributed by atoms with E-state index in [1.165, 1.54) is 6.07 Å². The highest BCUT2D eigenvalue weighted by atomic mass is 19.1. The Morgan fingerprint density at radius 3 is 2.91 bits per heavy atom. The number of aromatic amines is 1. The monoisotopic (exact) mass is 434 g/mol. The van der Waals surface area contributed by atoms with Gasteiger partial charge in [-0.25, -0.2) is 9.37 Å². The van der Waals surface area contributed by atoms with Gasteiger partial charge in [-0.1, -0.05) is 17.3 Å². The molecule has 2 aromatic heterocycles. The molecule has 0 bridgehead atoms. The van der Waals surface area contributed by atoms with Gasteiger partial charge in [0.05, 0.1) is 23.3 Å². The molecule has 8 nitrogen and oxygen atoms in total. The fourth-order valence-corrected chi connectivity index (χ4v) is 4.17. The van der Waals surface area contributed by atoms with Gasteiger partial charge < -0.3 is 19.7 Å². The number of benzene rings is 2. The zero-order valence-electron chi connectivity index (χ0n) is 17.6. The van der Waals surface area contributed by atoms with E-state index < -0.39 is 11.9 Å². The van der Waals surface area contributed by atoms with Crippen molar-refractivity contribution in [3.63, 3.8) is 0 Å². The zero-order valence-corrected chi connectivity index (χ0v) is 17.6. The fourth-order valence-electron chi connectivity index (χ4n) is 4.17. The third kappa shape index (κ3) is 3.93. The van der Waals surface area contributed by atoms with Crippen molar-refractivity contribution in [2.45, 2.75) is 38.8 Å². The number of carbonyl (C=O) groups is 1. The van der Waals surface area contributed by atoms with Crippen LogP contribution in [0.4, 0.5) is 10.1 Å². The van der Waals surface area contributed by atoms with E-state index in [1.54, 1.807) is 19.1 Å². The summed E-state index contributed by atoms with van der Waals surface area (Å²) in [7, 11) is 0. The Labute approximate surface area is 183 Å². The summed E-state index contributed by atoms with van der Waals surface area (Å²) in [5, 5.41) is 6.80. The Hall–Kier alpha value is -3.75. The molecular formula is C23H23FN6O2. The number of H-pyrrole nitrogens is 1. The standard InChI is InChI=1S/C23H23FN6O2/c1-14-26-22(29-32-14)15-9-10-19(16(24)12-15)30-11-5-4-8-20(30)23(31)25-13-21-27-17-6-2-3-7-18(17)28-21/h2-3,6-7,9-10,12,20H,4-5,8,11,13H2,1H3,(H,25,31)(H,27,28). The molecule has 9 heteroatoms. The Morgan fingerprint density at radius 2 is 2.12 bits per heavy atom. The number of amides is 1. The predicted molar refractivity (Wildman–Crippen MR) is 117 cm³/mol. The number of nitrogens with zero attached hydrogens (tertiary/aromatic N) is 4. The van der Waals surface area contributed by atoms with E-state index in [-0.39, 0.29) is 12.5 Å². The summed E-state index contributed by atoms with van der Waals surface area (Å²) in [6, 6.07) is 12.1. The maximum atomic E-state index is 15.1. The van der Waals surface area contributed by atoms with E-state index in [4.69, 9.17) is 4.52 Å². The Bertz CT molecular complexity index is 1230. The topological polar surface area (TPSA) is 99.9 Å². The molecule has 0 aliphatic carbocycles. The van der Waals surface area contributed by atoms with Gasteiger partial charge in [-0.05, 0) is 49.6 Å². The van der Waals surface area contributed by atoms with Crippen molar-refractivity contribution in [3.8, 4) is 11.4 Å². The lowest BCUT2D eigenvalue weighted by atomic mass is 9.99. The average molecular weight is 434 g/mol. The van der Waals surface area contributed by atoms with Crippen molar-refractivity contribution in [1.82, 2.24) is 25.4 Å². The first kappa shape index (κ1) is 20.2. The largest absolute Gasteiger partial charge is 0.357 e. The molecule has 4 aromatic rings. The number of piperidine rings is 1. The Kier molecular flexibility index (Phi) is 5.30. The van der Waals surface area contributed by atoms with Gasteiger partial charge in [-0.15, -0.1) is 0 Å². The van der Waals surface area contributed by atoms with Gasteiger partial charge in [0.1, 0.15) is 17.7 Å². The number of aryl methyl sites for hydroxylation is 1. The van der Waals surface area contributed by atoms with Crippen LogP contribution in [0.1, 0.15) is 31.0 Å². The van der Waals surface area contributed by atoms with Crippen LogP contribution >= 0.6 is 0 Å². The summed E-state index contributed by atoms with van der Waals surface area (Å²) in [5.74, 6) is 0.894. The van der Waals surface area contributed by atoms with Crippen LogP contribution in [0.25, 0.3) is 22.4 Å². The molecule has 1 saturated heterocycles. The number of hydrogen-bond acceptors (Lipinski definition) is 6. The lowest BCUT2D eigenvalue weighted by Crippen LogP contribution is -2.49. The number of carbonyl (C=O) groups excluding carboxylic acids is 1. The van der Waals surface area contributed by atoms with Crippen LogP contribution in [0.5, 0.6) is 0 Å². The minimum Gasteiger partial charge on any atom is -0.357 e. The number of imidazole rings is 1. The molecule has 164 valence electrons. The summed E-state index contributed by atoms with van der Waals surface area (Å²) in [6.07, 6.45) is 2.48. The van der Waals surface area contributed by atoms with Gasteiger partial charge in [0.15, 0.2) is 0 Å². The molecule has 0 radical (unpaired) electrons. The molecule has 1 aliphatic rings. The van der Waals surface area contributed by atoms with Gasteiger partial charge in [-0.2, -0.15) is 4.98 Å². The molecule has 0 saturated carbocycles. The van der Waals surface area contributed by atoms with Crippen LogP contribution in [0.2, 0.25) is 0 Å². The predicted octanol–water partition coefficient (Wildman–Crippen LogP) is 3.74. The maximum Gasteiger partial charge on any atom is 0.243 e. The minimum atomic E-state index is -0.444. The van der Waals surface area contributed by atoms with Crippen molar-refractivity contribution in [3.05, 3.63) is 60.0 Å². The van der Waals surface area contributed by atoms with Crippen molar-refractivity contribution in [2.75, 3.05) is 11.4 Å². The highest BCUT2D eigenvalue weighted by Crippen LogP contribution is 2.30. The van der Waals surface area contributed by atoms with Crippen LogP contribution in [0.3, 0.4) is 0 Å². The first-order valence-corrected chi connectivity index (χ1v) is 10.7. The number of anilines is 1. The van der Waals surface area contributed by atoms with Crippen LogP contribution < -0.4 is 10.2 Å². The second kappa shape index (κ2) is 8.41. The van der Waals surface area contributed by atoms with E-state index in [1.807, 2.05) is 29.2 Å². The average Bonchev–Trinajstić information content (AvgIpc) is 3.43. The smallest absolute Gasteiger partial charge is 0.243 e. The molecule has 1 unspecified atom stereocenters. The van der Waals surface area contributed by atoms with Crippen LogP contribution in [-0.4, -0.2) is 38.6 Å². The van der Waals surface area contributed by atoms with E-state index in [9.17, 15) is 4.79 Å². The summed E-state index contributed by atoms with van der Waals surface area (Å²) in [4.78, 5) is 26.7. The number of aromatic nitrogens is 4. The minimum absolute atomic E-state index is 0.137. The lowest BCUT2D eigenvalue weighted by Gasteiger charge is -2.36. The molecule has 1 atom stereocenters. The van der Waals surface area contributed by atoms with Crippen molar-refractivity contribution in [2.24, 2.45) is 0 Å². The van der Waals surface area contributed by atoms with E-state index >= 15 is 4.39 Å². The molecule has 1 fully saturated rings. The Morgan fingerprint density at radius 1 is 1.25 bits per heavy atom. The first-order valence-electron chi connectivity index (χ1n) is 10.7. The van der Waals surface area contributed by atoms with Gasteiger partial charge in [-0.3, -0.25) is 4.79 Å². The van der Waals surface area contributed by atoms with Crippen LogP contribution in [-0.2, 0) is 11.3 Å². The molecule has 1 aliphatic heterocycles. The van der Waals surface area contributed by atoms with Crippen molar-refractivity contribution < 1.29 is 13.7 Å². The molecule has 5 rings (SSSR count). The van der Waals surface area contributed by atoms with Crippen LogP contribution in [0, 0.1) is 12.7 Å². The highest BCUT2D eigenvalue weighted by Gasteiger charge is 2.30. The van der Waals surface area contributed by atoms with E-state index in [2.05, 4.69) is 25.4 Å². The number of rotatable bonds is 5. The fraction of sp³-hybridized carbons (Fsp3) is 0.304. The summed E-state index contributed by atoms with van der Waals surface area (Å²) >= 11 is 0. The maximum absolute atomic E-state index is 15.1. The summed E-state index contributed by atoms with van der Waals surface area (Å²) in [5.41, 5.74) is 2.72. The third-order valence-electron chi connectivity index (χ3n) is 5.72. The van der Waals surface area contributed by atoms with Crippen molar-refractivity contribution in [1.29, 1.82) is 0 Å². The summed E-state index contributed by atoms with van der Waals surface area (Å²) in [6.45, 7) is 2.58. The SMILES string of the molecule is Cc1nc(-c2ccc(N3CCCCC3C(=O)NCc3nc4ccccc4[nH]3)c(F)c2)no1. The van der Waals surface area contributed by atoms with Gasteiger partial charge >= 0.3 is 0 Å². The third-order valence-corrected chi connectivity index (χ3v) is 5.72. The molecular weight excluding hydrogens is 411 g/mol. The van der Waals surface area contributed by atoms with E-state index in [0.29, 0.717) is 41.8 Å². The number of para-hydroxylation sites is 2. The summed E-state index contributed by atoms with van der Waals surface area (Å²) < 4.78 is 20.0. The van der Waals surface area contributed by atoms with Gasteiger partial charge in [0.2, 0.25) is 17.6 Å². The van der Waals surface area contributed by atoms with Crippen molar-refractivity contribution >= 4 is 22.6 Å². The number of hydrogen-bond donors (Lipinski definition) is 2. The second-order valence-corrected chi connectivity index (χ2v) is 7.93. The zero-order chi connectivity index (χ0) is 22.1. The Balaban J connectivity index is 1.32. The van der Waals surface area contributed by atoms with Gasteiger partial charge in [0, 0.05) is 19.0 Å². The molecule has 2 N–H and O–H groups in total. The number of fused-ring (bicyclic) bond motifs is 1. The second-order valence-electron chi connectivity index (χ2n) is 7.93. The van der Waals surface area contributed by atoms with Gasteiger partial charge in [0.25, 0.3) is 0 Å². The normalized spacial score (nSPS) is 16.4. The number of nitrogens with one attached hydrogen (secondary N) is 2. The molecule has 1 amide bonds. The highest BCUT2D eigenvalue weighted by molar-refractivity contribution is 5.85. The van der Waals surface area contributed by atoms with Crippen LogP contribution in [0.15, 0.2) is 47.0 Å². The molecule has 2 aromatic carbocycles. The number of halogens is 1. The quantitative estimate of drug-likeness (QED) is 0.496. The van der Waals surface area contributed by atoms with E-state index in [0.717, 1.165) is 23.9 Å². The molecule has 0 spiro atoms.